The molecule has 4 N–H and O–H groups in total. The molecule has 0 spiro atoms. The molecule has 1 fully saturated rings. The molecule has 25 heavy (non-hydrogen) atoms. The molecule has 1 aromatic heterocycles. The fraction of sp³-hybridized carbons (Fsp3) is 0.333. The lowest BCUT2D eigenvalue weighted by Crippen LogP contribution is -2.45. The van der Waals surface area contributed by atoms with E-state index in [0.29, 0.717) is 5.92 Å². The molecule has 2 atom stereocenters. The van der Waals surface area contributed by atoms with E-state index >= 15 is 0 Å². The summed E-state index contributed by atoms with van der Waals surface area (Å²) in [6, 6.07) is 12.6. The number of halogens is 1. The van der Waals surface area contributed by atoms with Crippen LogP contribution in [0.5, 0.6) is 0 Å². The number of nitrogens with one attached hydrogen (secondary N) is 4. The van der Waals surface area contributed by atoms with Crippen molar-refractivity contribution in [2.24, 2.45) is 4.99 Å². The summed E-state index contributed by atoms with van der Waals surface area (Å²) in [5, 5.41) is 17.6. The van der Waals surface area contributed by atoms with Crippen LogP contribution in [0.3, 0.4) is 0 Å². The van der Waals surface area contributed by atoms with Crippen molar-refractivity contribution in [3.05, 3.63) is 58.0 Å². The van der Waals surface area contributed by atoms with Crippen molar-refractivity contribution in [1.29, 1.82) is 0 Å². The molecule has 0 amide bonds. The molecule has 1 aromatic carbocycles. The first kappa shape index (κ1) is 16.4. The topological polar surface area (TPSA) is 77.1 Å². The summed E-state index contributed by atoms with van der Waals surface area (Å²) in [5.74, 6) is 2.32. The van der Waals surface area contributed by atoms with Crippen LogP contribution >= 0.6 is 15.9 Å². The van der Waals surface area contributed by atoms with Crippen LogP contribution in [-0.4, -0.2) is 22.7 Å². The summed E-state index contributed by atoms with van der Waals surface area (Å²) in [7, 11) is 0. The summed E-state index contributed by atoms with van der Waals surface area (Å²) in [4.78, 5) is 4.49. The van der Waals surface area contributed by atoms with E-state index in [-0.39, 0.29) is 12.3 Å². The minimum atomic E-state index is -0.208. The number of nitrogens with zero attached hydrogens (tertiary/aromatic N) is 2. The highest BCUT2D eigenvalue weighted by Crippen LogP contribution is 2.39. The highest BCUT2D eigenvalue weighted by Gasteiger charge is 2.26. The predicted octanol–water partition coefficient (Wildman–Crippen LogP) is 3.57. The number of aromatic amines is 1. The standard InChI is InChI=1S/C18H21BrN6/c1-11(12-5-3-2-4-6-12)21-18-20-10-14(19)17(23-18)22-16-9-15(24-25-16)13-7-8-13/h2-6,9-11,13,18,21,23H,7-8H2,1H3,(H2,22,24,25). The van der Waals surface area contributed by atoms with Gasteiger partial charge in [-0.3, -0.25) is 15.4 Å². The lowest BCUT2D eigenvalue weighted by atomic mass is 10.1. The van der Waals surface area contributed by atoms with Gasteiger partial charge in [0, 0.05) is 29.9 Å². The molecule has 0 bridgehead atoms. The molecule has 2 aromatic rings. The molecule has 4 rings (SSSR count). The van der Waals surface area contributed by atoms with Crippen molar-refractivity contribution >= 4 is 28.0 Å². The third kappa shape index (κ3) is 3.93. The van der Waals surface area contributed by atoms with E-state index in [4.69, 9.17) is 0 Å². The Morgan fingerprint density at radius 2 is 2.04 bits per heavy atom. The van der Waals surface area contributed by atoms with E-state index in [1.165, 1.54) is 24.1 Å². The molecule has 2 aliphatic rings. The number of benzene rings is 1. The monoisotopic (exact) mass is 400 g/mol. The van der Waals surface area contributed by atoms with E-state index in [2.05, 4.69) is 72.2 Å². The molecule has 0 saturated heterocycles. The first-order valence-electron chi connectivity index (χ1n) is 8.52. The number of aliphatic imine (C=N–C) groups is 1. The smallest absolute Gasteiger partial charge is 0.175 e. The van der Waals surface area contributed by atoms with Crippen molar-refractivity contribution in [3.8, 4) is 0 Å². The minimum absolute atomic E-state index is 0.181. The lowest BCUT2D eigenvalue weighted by molar-refractivity contribution is 0.423. The van der Waals surface area contributed by atoms with Gasteiger partial charge in [0.15, 0.2) is 12.1 Å². The Labute approximate surface area is 155 Å². The van der Waals surface area contributed by atoms with Crippen LogP contribution in [0, 0.1) is 0 Å². The van der Waals surface area contributed by atoms with Crippen LogP contribution in [0.4, 0.5) is 5.82 Å². The zero-order valence-corrected chi connectivity index (χ0v) is 15.5. The molecule has 2 heterocycles. The van der Waals surface area contributed by atoms with Crippen LogP contribution in [-0.2, 0) is 0 Å². The molecule has 1 aliphatic heterocycles. The van der Waals surface area contributed by atoms with Crippen LogP contribution < -0.4 is 16.0 Å². The van der Waals surface area contributed by atoms with Gasteiger partial charge in [0.05, 0.1) is 4.48 Å². The Kier molecular flexibility index (Phi) is 4.59. The molecule has 7 heteroatoms. The Morgan fingerprint density at radius 1 is 1.24 bits per heavy atom. The quantitative estimate of drug-likeness (QED) is 0.597. The van der Waals surface area contributed by atoms with Gasteiger partial charge in [-0.05, 0) is 41.3 Å². The van der Waals surface area contributed by atoms with Crippen LogP contribution in [0.25, 0.3) is 0 Å². The van der Waals surface area contributed by atoms with E-state index in [0.717, 1.165) is 16.1 Å². The first-order valence-corrected chi connectivity index (χ1v) is 9.31. The maximum absolute atomic E-state index is 4.49. The second-order valence-corrected chi connectivity index (χ2v) is 7.31. The average Bonchev–Trinajstić information content (AvgIpc) is 3.38. The lowest BCUT2D eigenvalue weighted by Gasteiger charge is -2.26. The van der Waals surface area contributed by atoms with Gasteiger partial charge >= 0.3 is 0 Å². The summed E-state index contributed by atoms with van der Waals surface area (Å²) >= 11 is 3.54. The third-order valence-corrected chi connectivity index (χ3v) is 5.03. The highest BCUT2D eigenvalue weighted by molar-refractivity contribution is 9.12. The SMILES string of the molecule is CC(NC1N=CC(Br)=C(Nc2cc(C3CC3)[nH]n2)N1)c1ccccc1. The molecular formula is C18H21BrN6. The van der Waals surface area contributed by atoms with Gasteiger partial charge in [-0.15, -0.1) is 0 Å². The Morgan fingerprint density at radius 3 is 2.80 bits per heavy atom. The number of hydrogen-bond donors (Lipinski definition) is 4. The summed E-state index contributed by atoms with van der Waals surface area (Å²) in [5.41, 5.74) is 2.43. The van der Waals surface area contributed by atoms with Crippen molar-refractivity contribution < 1.29 is 0 Å². The molecule has 6 nitrogen and oxygen atoms in total. The number of rotatable bonds is 6. The molecule has 130 valence electrons. The van der Waals surface area contributed by atoms with E-state index in [1.54, 1.807) is 0 Å². The van der Waals surface area contributed by atoms with Crippen molar-refractivity contribution in [1.82, 2.24) is 20.8 Å². The fourth-order valence-electron chi connectivity index (χ4n) is 2.83. The Balaban J connectivity index is 1.40. The number of allylic oxidation sites excluding steroid dienone is 1. The normalized spacial score (nSPS) is 21.1. The number of hydrogen-bond acceptors (Lipinski definition) is 5. The third-order valence-electron chi connectivity index (χ3n) is 4.43. The van der Waals surface area contributed by atoms with Crippen LogP contribution in [0.15, 0.2) is 51.7 Å². The number of anilines is 1. The summed E-state index contributed by atoms with van der Waals surface area (Å²) in [6.07, 6.45) is 4.11. The van der Waals surface area contributed by atoms with E-state index in [1.807, 2.05) is 24.4 Å². The van der Waals surface area contributed by atoms with E-state index in [9.17, 15) is 0 Å². The van der Waals surface area contributed by atoms with Crippen LogP contribution in [0.1, 0.15) is 43.0 Å². The van der Waals surface area contributed by atoms with Gasteiger partial charge in [0.25, 0.3) is 0 Å². The fourth-order valence-corrected chi connectivity index (χ4v) is 3.17. The summed E-state index contributed by atoms with van der Waals surface area (Å²) in [6.45, 7) is 2.13. The van der Waals surface area contributed by atoms with Gasteiger partial charge in [0.2, 0.25) is 0 Å². The second-order valence-electron chi connectivity index (χ2n) is 6.45. The Hall–Kier alpha value is -2.12. The molecule has 0 radical (unpaired) electrons. The maximum atomic E-state index is 4.49. The molecule has 1 saturated carbocycles. The van der Waals surface area contributed by atoms with E-state index < -0.39 is 0 Å². The molecule has 2 unspecified atom stereocenters. The zero-order valence-electron chi connectivity index (χ0n) is 14.0. The number of H-pyrrole nitrogens is 1. The highest BCUT2D eigenvalue weighted by atomic mass is 79.9. The van der Waals surface area contributed by atoms with Gasteiger partial charge in [-0.2, -0.15) is 5.10 Å². The summed E-state index contributed by atoms with van der Waals surface area (Å²) < 4.78 is 0.869. The van der Waals surface area contributed by atoms with Crippen molar-refractivity contribution in [2.45, 2.75) is 38.0 Å². The molecule has 1 aliphatic carbocycles. The number of aromatic nitrogens is 2. The zero-order chi connectivity index (χ0) is 17.2. The predicted molar refractivity (Wildman–Crippen MR) is 104 cm³/mol. The first-order chi connectivity index (χ1) is 12.2. The minimum Gasteiger partial charge on any atom is -0.337 e. The van der Waals surface area contributed by atoms with Gasteiger partial charge in [-0.25, -0.2) is 0 Å². The van der Waals surface area contributed by atoms with Gasteiger partial charge < -0.3 is 10.6 Å². The van der Waals surface area contributed by atoms with Crippen LogP contribution in [0.2, 0.25) is 0 Å². The second kappa shape index (κ2) is 7.01. The van der Waals surface area contributed by atoms with Crippen molar-refractivity contribution in [3.63, 3.8) is 0 Å². The van der Waals surface area contributed by atoms with Gasteiger partial charge in [-0.1, -0.05) is 30.3 Å². The Bertz CT molecular complexity index is 793. The maximum Gasteiger partial charge on any atom is 0.175 e. The molecular weight excluding hydrogens is 380 g/mol. The van der Waals surface area contributed by atoms with Gasteiger partial charge in [0.1, 0.15) is 5.82 Å². The largest absolute Gasteiger partial charge is 0.337 e. The average molecular weight is 401 g/mol. The van der Waals surface area contributed by atoms with Crippen molar-refractivity contribution in [2.75, 3.05) is 5.32 Å².